The summed E-state index contributed by atoms with van der Waals surface area (Å²) in [7, 11) is 0. The fourth-order valence-corrected chi connectivity index (χ4v) is 11.0. The van der Waals surface area contributed by atoms with E-state index in [9.17, 15) is 20.2 Å². The molecule has 3 saturated heterocycles. The average Bonchev–Trinajstić information content (AvgIpc) is 3.13. The molecule has 3 aliphatic heterocycles. The van der Waals surface area contributed by atoms with Crippen molar-refractivity contribution in [2.75, 3.05) is 0 Å². The van der Waals surface area contributed by atoms with Crippen molar-refractivity contribution in [1.82, 2.24) is 0 Å². The highest BCUT2D eigenvalue weighted by atomic mass is 16.6. The minimum Gasteiger partial charge on any atom is -0.506 e. The van der Waals surface area contributed by atoms with Crippen LogP contribution in [0.1, 0.15) is 189 Å². The van der Waals surface area contributed by atoms with E-state index in [2.05, 4.69) is 6.92 Å². The molecule has 2 aliphatic carbocycles. The van der Waals surface area contributed by atoms with Crippen LogP contribution in [0, 0.1) is 16.7 Å². The van der Waals surface area contributed by atoms with Crippen LogP contribution < -0.4 is 0 Å². The van der Waals surface area contributed by atoms with E-state index in [1.165, 1.54) is 56.1 Å². The first-order valence-corrected chi connectivity index (χ1v) is 19.9. The maximum atomic E-state index is 15.4. The Labute approximate surface area is 291 Å². The molecule has 48 heavy (non-hydrogen) atoms. The molecule has 2 spiro atoms. The lowest BCUT2D eigenvalue weighted by molar-refractivity contribution is -0.690. The maximum absolute atomic E-state index is 15.4. The first-order chi connectivity index (χ1) is 22.8. The van der Waals surface area contributed by atoms with Gasteiger partial charge in [-0.25, -0.2) is 0 Å². The van der Waals surface area contributed by atoms with E-state index >= 15 is 4.79 Å². The second-order valence-electron chi connectivity index (χ2n) is 17.3. The van der Waals surface area contributed by atoms with Crippen LogP contribution in [0.25, 0.3) is 5.53 Å². The zero-order chi connectivity index (χ0) is 35.2. The van der Waals surface area contributed by atoms with Crippen LogP contribution in [0.5, 0.6) is 0 Å². The largest absolute Gasteiger partial charge is 0.506 e. The van der Waals surface area contributed by atoms with Crippen LogP contribution in [0.15, 0.2) is 0 Å². The van der Waals surface area contributed by atoms with E-state index in [1.807, 2.05) is 34.6 Å². The number of fused-ring (bicyclic) bond motifs is 2. The quantitative estimate of drug-likeness (QED) is 0.112. The SMILES string of the molecule is CCCCCCCCCC(CC)OC(=O)CCC12C(=O)C3(CC(C)(C)C([N+]1=[N-])C(C)(C)C3C(=O)O)OC21CCCCCCCCCCC1. The summed E-state index contributed by atoms with van der Waals surface area (Å²) in [6, 6.07) is -0.621. The molecule has 0 aromatic heterocycles. The van der Waals surface area contributed by atoms with Gasteiger partial charge in [-0.15, -0.1) is 0 Å². The Balaban J connectivity index is 1.66. The Morgan fingerprint density at radius 2 is 1.44 bits per heavy atom. The molecule has 2 saturated carbocycles. The molecule has 5 rings (SSSR count). The van der Waals surface area contributed by atoms with Gasteiger partial charge in [0, 0.05) is 17.3 Å². The number of unbranched alkanes of at least 4 members (excludes halogenated alkanes) is 6. The van der Waals surface area contributed by atoms with Crippen molar-refractivity contribution in [3.8, 4) is 0 Å². The van der Waals surface area contributed by atoms with Gasteiger partial charge < -0.3 is 24.8 Å². The van der Waals surface area contributed by atoms with Gasteiger partial charge in [-0.3, -0.25) is 14.4 Å². The summed E-state index contributed by atoms with van der Waals surface area (Å²) in [6.07, 6.45) is 20.6. The van der Waals surface area contributed by atoms with Gasteiger partial charge >= 0.3 is 11.9 Å². The number of ether oxygens (including phenoxy) is 2. The lowest BCUT2D eigenvalue weighted by Gasteiger charge is -2.58. The van der Waals surface area contributed by atoms with Crippen molar-refractivity contribution in [2.24, 2.45) is 16.7 Å². The molecule has 0 aromatic carbocycles. The van der Waals surface area contributed by atoms with Crippen LogP contribution in [-0.4, -0.2) is 56.4 Å². The van der Waals surface area contributed by atoms with Crippen molar-refractivity contribution in [3.05, 3.63) is 5.53 Å². The fourth-order valence-electron chi connectivity index (χ4n) is 11.0. The summed E-state index contributed by atoms with van der Waals surface area (Å²) >= 11 is 0. The Hall–Kier alpha value is -1.83. The van der Waals surface area contributed by atoms with E-state index in [1.54, 1.807) is 0 Å². The summed E-state index contributed by atoms with van der Waals surface area (Å²) in [5.74, 6) is -2.86. The summed E-state index contributed by atoms with van der Waals surface area (Å²) in [6.45, 7) is 12.0. The lowest BCUT2D eigenvalue weighted by atomic mass is 9.51. The number of hydrogen-bond donors (Lipinski definition) is 1. The second-order valence-corrected chi connectivity index (χ2v) is 17.3. The molecule has 3 bridgehead atoms. The van der Waals surface area contributed by atoms with Gasteiger partial charge in [0.2, 0.25) is 11.3 Å². The van der Waals surface area contributed by atoms with Gasteiger partial charge in [-0.2, -0.15) is 0 Å². The molecular weight excluding hydrogens is 604 g/mol. The highest BCUT2D eigenvalue weighted by molar-refractivity contribution is 6.02. The summed E-state index contributed by atoms with van der Waals surface area (Å²) in [5, 5.41) is 10.8. The molecule has 8 nitrogen and oxygen atoms in total. The highest BCUT2D eigenvalue weighted by Crippen LogP contribution is 2.69. The van der Waals surface area contributed by atoms with E-state index in [0.29, 0.717) is 12.8 Å². The van der Waals surface area contributed by atoms with Gasteiger partial charge in [0.15, 0.2) is 6.04 Å². The predicted molar refractivity (Wildman–Crippen MR) is 188 cm³/mol. The molecule has 5 aliphatic rings. The van der Waals surface area contributed by atoms with Gasteiger partial charge in [-0.1, -0.05) is 138 Å². The van der Waals surface area contributed by atoms with Crippen molar-refractivity contribution in [3.63, 3.8) is 0 Å². The normalized spacial score (nSPS) is 31.9. The van der Waals surface area contributed by atoms with Gasteiger partial charge in [0.25, 0.3) is 0 Å². The maximum Gasteiger partial charge on any atom is 0.310 e. The van der Waals surface area contributed by atoms with Crippen molar-refractivity contribution in [2.45, 2.75) is 218 Å². The first kappa shape index (κ1) is 39.0. The lowest BCUT2D eigenvalue weighted by Crippen LogP contribution is -2.70. The molecule has 0 aromatic rings. The first-order valence-electron chi connectivity index (χ1n) is 19.9. The Morgan fingerprint density at radius 1 is 0.896 bits per heavy atom. The number of hydrogen-bond acceptors (Lipinski definition) is 5. The molecule has 0 radical (unpaired) electrons. The van der Waals surface area contributed by atoms with Crippen molar-refractivity contribution < 1.29 is 33.7 Å². The van der Waals surface area contributed by atoms with Gasteiger partial charge in [0.05, 0.1) is 6.42 Å². The van der Waals surface area contributed by atoms with Gasteiger partial charge in [-0.05, 0) is 38.5 Å². The molecule has 5 unspecified atom stereocenters. The highest BCUT2D eigenvalue weighted by Gasteiger charge is 2.86. The molecule has 0 amide bonds. The number of nitrogens with zero attached hydrogens (tertiary/aromatic N) is 2. The third kappa shape index (κ3) is 7.30. The topological polar surface area (TPSA) is 115 Å². The zero-order valence-corrected chi connectivity index (χ0v) is 31.4. The second kappa shape index (κ2) is 16.0. The van der Waals surface area contributed by atoms with Crippen molar-refractivity contribution >= 4 is 17.7 Å². The van der Waals surface area contributed by atoms with Gasteiger partial charge in [0.1, 0.15) is 23.2 Å². The van der Waals surface area contributed by atoms with Crippen LogP contribution in [0.2, 0.25) is 0 Å². The number of ketones is 1. The van der Waals surface area contributed by atoms with E-state index < -0.39 is 45.5 Å². The Morgan fingerprint density at radius 3 is 1.98 bits per heavy atom. The number of aliphatic carboxylic acids is 1. The van der Waals surface area contributed by atoms with Crippen LogP contribution in [0.3, 0.4) is 0 Å². The predicted octanol–water partition coefficient (Wildman–Crippen LogP) is 9.92. The molecule has 5 atom stereocenters. The van der Waals surface area contributed by atoms with E-state index in [0.717, 1.165) is 64.2 Å². The van der Waals surface area contributed by atoms with Crippen LogP contribution in [0.4, 0.5) is 0 Å². The standard InChI is InChI=1S/C40H68N2O6/c1-7-9-10-11-15-18-21-24-30(8-2)47-31(43)25-28-40-35(46)39(48-38(40)26-22-19-16-13-12-14-17-20-23-27-38)29-36(3,4)34(42(40)41)37(5,6)32(39)33(44)45/h30,32,34H,7-29H2,1-6H3,(H,44,45). The number of carboxylic acids is 1. The summed E-state index contributed by atoms with van der Waals surface area (Å²) in [5.41, 5.74) is 6.92. The molecule has 1 N–H and O–H groups in total. The summed E-state index contributed by atoms with van der Waals surface area (Å²) in [4.78, 5) is 42.3. The van der Waals surface area contributed by atoms with Crippen molar-refractivity contribution in [1.29, 1.82) is 0 Å². The molecule has 5 fully saturated rings. The minimum atomic E-state index is -1.59. The molecule has 274 valence electrons. The monoisotopic (exact) mass is 673 g/mol. The Bertz CT molecular complexity index is 1140. The molecule has 3 heterocycles. The number of rotatable bonds is 14. The van der Waals surface area contributed by atoms with E-state index in [4.69, 9.17) is 9.47 Å². The zero-order valence-electron chi connectivity index (χ0n) is 31.4. The Kier molecular flexibility index (Phi) is 13.0. The number of esters is 1. The number of carbonyl (C=O) groups excluding carboxylic acids is 2. The fraction of sp³-hybridized carbons (Fsp3) is 0.925. The number of Topliss-reactive ketones (excluding diaryl/α,β-unsaturated/α-hetero) is 1. The third-order valence-electron chi connectivity index (χ3n) is 12.9. The van der Waals surface area contributed by atoms with Crippen LogP contribution >= 0.6 is 0 Å². The van der Waals surface area contributed by atoms with Crippen LogP contribution in [-0.2, 0) is 23.9 Å². The third-order valence-corrected chi connectivity index (χ3v) is 12.9. The minimum absolute atomic E-state index is 0.0250. The smallest absolute Gasteiger partial charge is 0.310 e. The molecule has 8 heteroatoms. The average molecular weight is 673 g/mol. The molecular formula is C40H68N2O6. The number of carbonyl (C=O) groups is 3. The number of carboxylic acid groups (broad SMARTS) is 1. The van der Waals surface area contributed by atoms with E-state index in [-0.39, 0.29) is 37.1 Å². The summed E-state index contributed by atoms with van der Waals surface area (Å²) < 4.78 is 14.6.